The van der Waals surface area contributed by atoms with Crippen LogP contribution in [0.1, 0.15) is 11.3 Å². The third kappa shape index (κ3) is 2.98. The van der Waals surface area contributed by atoms with Crippen LogP contribution in [0.25, 0.3) is 0 Å². The molecule has 0 saturated heterocycles. The van der Waals surface area contributed by atoms with Gasteiger partial charge in [-0.1, -0.05) is 18.2 Å². The van der Waals surface area contributed by atoms with Gasteiger partial charge in [-0.25, -0.2) is 14.4 Å². The van der Waals surface area contributed by atoms with E-state index in [1.165, 1.54) is 6.07 Å². The number of halogens is 1. The molecule has 0 saturated carbocycles. The third-order valence-electron chi connectivity index (χ3n) is 2.32. The zero-order valence-electron chi connectivity index (χ0n) is 9.23. The van der Waals surface area contributed by atoms with Crippen molar-refractivity contribution in [1.29, 1.82) is 0 Å². The molecule has 88 valence electrons. The monoisotopic (exact) mass is 232 g/mol. The Morgan fingerprint density at radius 2 is 2.06 bits per heavy atom. The molecule has 2 rings (SSSR count). The van der Waals surface area contributed by atoms with Gasteiger partial charge in [0.2, 0.25) is 5.95 Å². The highest BCUT2D eigenvalue weighted by Crippen LogP contribution is 2.08. The van der Waals surface area contributed by atoms with Crippen molar-refractivity contribution in [3.8, 4) is 0 Å². The Bertz CT molecular complexity index is 501. The molecule has 0 atom stereocenters. The smallest absolute Gasteiger partial charge is 0.223 e. The lowest BCUT2D eigenvalue weighted by molar-refractivity contribution is 0.612. The number of hydrogen-bond donors (Lipinski definition) is 2. The highest BCUT2D eigenvalue weighted by atomic mass is 19.1. The van der Waals surface area contributed by atoms with E-state index in [-0.39, 0.29) is 5.82 Å². The zero-order valence-corrected chi connectivity index (χ0v) is 9.23. The van der Waals surface area contributed by atoms with Crippen LogP contribution in [0.2, 0.25) is 0 Å². The average molecular weight is 232 g/mol. The maximum absolute atomic E-state index is 13.3. The highest BCUT2D eigenvalue weighted by Gasteiger charge is 2.02. The molecule has 0 aliphatic rings. The summed E-state index contributed by atoms with van der Waals surface area (Å²) in [5.74, 6) is 0.214. The van der Waals surface area contributed by atoms with E-state index in [4.69, 9.17) is 5.73 Å². The lowest BCUT2D eigenvalue weighted by atomic mass is 10.2. The lowest BCUT2D eigenvalue weighted by Crippen LogP contribution is -2.07. The Morgan fingerprint density at radius 1 is 1.24 bits per heavy atom. The van der Waals surface area contributed by atoms with E-state index in [1.54, 1.807) is 30.5 Å². The van der Waals surface area contributed by atoms with E-state index < -0.39 is 0 Å². The maximum Gasteiger partial charge on any atom is 0.223 e. The summed E-state index contributed by atoms with van der Waals surface area (Å²) in [7, 11) is 0. The quantitative estimate of drug-likeness (QED) is 0.842. The van der Waals surface area contributed by atoms with Crippen molar-refractivity contribution in [3.05, 3.63) is 53.6 Å². The SMILES string of the molecule is NCc1ccnc(NCc2ccccc2F)n1. The van der Waals surface area contributed by atoms with Crippen molar-refractivity contribution in [3.63, 3.8) is 0 Å². The van der Waals surface area contributed by atoms with Crippen LogP contribution in [0.15, 0.2) is 36.5 Å². The number of anilines is 1. The first kappa shape index (κ1) is 11.5. The number of benzene rings is 1. The van der Waals surface area contributed by atoms with Crippen LogP contribution in [0.3, 0.4) is 0 Å². The largest absolute Gasteiger partial charge is 0.350 e. The second-order valence-electron chi connectivity index (χ2n) is 3.52. The first-order chi connectivity index (χ1) is 8.29. The molecule has 0 radical (unpaired) electrons. The number of nitrogens with one attached hydrogen (secondary N) is 1. The lowest BCUT2D eigenvalue weighted by Gasteiger charge is -2.06. The molecule has 3 N–H and O–H groups in total. The molecule has 0 fully saturated rings. The van der Waals surface area contributed by atoms with E-state index >= 15 is 0 Å². The summed E-state index contributed by atoms with van der Waals surface area (Å²) < 4.78 is 13.3. The molecule has 0 bridgehead atoms. The van der Waals surface area contributed by atoms with Gasteiger partial charge in [-0.15, -0.1) is 0 Å². The van der Waals surface area contributed by atoms with Crippen LogP contribution in [0.5, 0.6) is 0 Å². The molecule has 0 spiro atoms. The van der Waals surface area contributed by atoms with Gasteiger partial charge in [0.25, 0.3) is 0 Å². The molecule has 17 heavy (non-hydrogen) atoms. The van der Waals surface area contributed by atoms with E-state index in [9.17, 15) is 4.39 Å². The first-order valence-corrected chi connectivity index (χ1v) is 5.29. The van der Waals surface area contributed by atoms with Crippen LogP contribution >= 0.6 is 0 Å². The molecule has 0 aliphatic carbocycles. The topological polar surface area (TPSA) is 63.8 Å². The number of hydrogen-bond acceptors (Lipinski definition) is 4. The Hall–Kier alpha value is -2.01. The summed E-state index contributed by atoms with van der Waals surface area (Å²) in [6.45, 7) is 0.706. The molecule has 2 aromatic rings. The van der Waals surface area contributed by atoms with E-state index in [0.717, 1.165) is 5.69 Å². The van der Waals surface area contributed by atoms with Gasteiger partial charge in [0, 0.05) is 24.8 Å². The van der Waals surface area contributed by atoms with Gasteiger partial charge in [-0.05, 0) is 12.1 Å². The van der Waals surface area contributed by atoms with Gasteiger partial charge in [-0.2, -0.15) is 0 Å². The van der Waals surface area contributed by atoms with Crippen LogP contribution < -0.4 is 11.1 Å². The van der Waals surface area contributed by atoms with Gasteiger partial charge < -0.3 is 11.1 Å². The molecule has 1 aromatic carbocycles. The molecule has 0 aliphatic heterocycles. The van der Waals surface area contributed by atoms with Crippen molar-refractivity contribution >= 4 is 5.95 Å². The predicted octanol–water partition coefficient (Wildman–Crippen LogP) is 1.69. The summed E-state index contributed by atoms with van der Waals surface area (Å²) in [6.07, 6.45) is 1.62. The standard InChI is InChI=1S/C12H13FN4/c13-11-4-2-1-3-9(11)8-16-12-15-6-5-10(7-14)17-12/h1-6H,7-8,14H2,(H,15,16,17). The van der Waals surface area contributed by atoms with E-state index in [1.807, 2.05) is 0 Å². The fourth-order valence-corrected chi connectivity index (χ4v) is 1.41. The summed E-state index contributed by atoms with van der Waals surface area (Å²) in [4.78, 5) is 8.20. The fraction of sp³-hybridized carbons (Fsp3) is 0.167. The molecular weight excluding hydrogens is 219 g/mol. The molecule has 1 aromatic heterocycles. The zero-order chi connectivity index (χ0) is 12.1. The molecular formula is C12H13FN4. The second kappa shape index (κ2) is 5.36. The fourth-order valence-electron chi connectivity index (χ4n) is 1.41. The van der Waals surface area contributed by atoms with Crippen molar-refractivity contribution in [2.24, 2.45) is 5.73 Å². The van der Waals surface area contributed by atoms with Crippen molar-refractivity contribution in [2.75, 3.05) is 5.32 Å². The van der Waals surface area contributed by atoms with Gasteiger partial charge in [-0.3, -0.25) is 0 Å². The number of aromatic nitrogens is 2. The van der Waals surface area contributed by atoms with E-state index in [0.29, 0.717) is 24.6 Å². The van der Waals surface area contributed by atoms with Crippen LogP contribution in [0, 0.1) is 5.82 Å². The summed E-state index contributed by atoms with van der Waals surface area (Å²) in [5.41, 5.74) is 6.80. The summed E-state index contributed by atoms with van der Waals surface area (Å²) >= 11 is 0. The normalized spacial score (nSPS) is 10.2. The molecule has 5 heteroatoms. The van der Waals surface area contributed by atoms with Gasteiger partial charge in [0.05, 0.1) is 5.69 Å². The minimum absolute atomic E-state index is 0.241. The van der Waals surface area contributed by atoms with Crippen molar-refractivity contribution in [2.45, 2.75) is 13.1 Å². The summed E-state index contributed by atoms with van der Waals surface area (Å²) in [6, 6.07) is 8.33. The number of nitrogens with two attached hydrogens (primary N) is 1. The van der Waals surface area contributed by atoms with Crippen LogP contribution in [-0.2, 0) is 13.1 Å². The van der Waals surface area contributed by atoms with Gasteiger partial charge >= 0.3 is 0 Å². The number of rotatable bonds is 4. The van der Waals surface area contributed by atoms with Crippen molar-refractivity contribution < 1.29 is 4.39 Å². The Morgan fingerprint density at radius 3 is 2.82 bits per heavy atom. The second-order valence-corrected chi connectivity index (χ2v) is 3.52. The average Bonchev–Trinajstić information content (AvgIpc) is 2.38. The van der Waals surface area contributed by atoms with Crippen LogP contribution in [-0.4, -0.2) is 9.97 Å². The number of nitrogens with zero attached hydrogens (tertiary/aromatic N) is 2. The first-order valence-electron chi connectivity index (χ1n) is 5.29. The maximum atomic E-state index is 13.3. The Balaban J connectivity index is 2.05. The van der Waals surface area contributed by atoms with E-state index in [2.05, 4.69) is 15.3 Å². The Labute approximate surface area is 98.7 Å². The molecule has 0 unspecified atom stereocenters. The molecule has 4 nitrogen and oxygen atoms in total. The Kier molecular flexibility index (Phi) is 3.62. The minimum Gasteiger partial charge on any atom is -0.350 e. The highest BCUT2D eigenvalue weighted by molar-refractivity contribution is 5.28. The molecule has 1 heterocycles. The van der Waals surface area contributed by atoms with Crippen LogP contribution in [0.4, 0.5) is 10.3 Å². The van der Waals surface area contributed by atoms with Gasteiger partial charge in [0.15, 0.2) is 0 Å². The third-order valence-corrected chi connectivity index (χ3v) is 2.32. The van der Waals surface area contributed by atoms with Gasteiger partial charge in [0.1, 0.15) is 5.82 Å². The van der Waals surface area contributed by atoms with Crippen molar-refractivity contribution in [1.82, 2.24) is 9.97 Å². The minimum atomic E-state index is -0.241. The molecule has 0 amide bonds. The predicted molar refractivity (Wildman–Crippen MR) is 63.7 cm³/mol. The summed E-state index contributed by atoms with van der Waals surface area (Å²) in [5, 5.41) is 2.96.